The van der Waals surface area contributed by atoms with Crippen molar-refractivity contribution >= 4 is 21.6 Å². The average Bonchev–Trinajstić information content (AvgIpc) is 2.42. The summed E-state index contributed by atoms with van der Waals surface area (Å²) in [6.45, 7) is 4.96. The summed E-state index contributed by atoms with van der Waals surface area (Å²) in [5.74, 6) is -0.0297. The zero-order chi connectivity index (χ0) is 16.9. The Morgan fingerprint density at radius 3 is 2.14 bits per heavy atom. The number of carbonyl (C=O) groups excluding carboxylic acids is 1. The highest BCUT2D eigenvalue weighted by Gasteiger charge is 2.10. The van der Waals surface area contributed by atoms with Crippen molar-refractivity contribution in [2.45, 2.75) is 18.7 Å². The van der Waals surface area contributed by atoms with Gasteiger partial charge in [-0.25, -0.2) is 13.6 Å². The standard InChI is InChI=1S/C15H23N3O3S/c1-12(2)11-15(19)18(4)10-9-17(3)13-5-7-14(8-6-13)22(16,20)21/h5-8,11H,9-10H2,1-4H3,(H2,16,20,21). The van der Waals surface area contributed by atoms with Gasteiger partial charge in [-0.15, -0.1) is 0 Å². The van der Waals surface area contributed by atoms with Crippen LogP contribution in [0.2, 0.25) is 0 Å². The number of sulfonamides is 1. The first-order valence-electron chi connectivity index (χ1n) is 6.85. The molecule has 2 N–H and O–H groups in total. The second kappa shape index (κ2) is 7.42. The molecule has 0 aliphatic rings. The van der Waals surface area contributed by atoms with Crippen molar-refractivity contribution in [3.8, 4) is 0 Å². The maximum absolute atomic E-state index is 11.8. The predicted molar refractivity (Wildman–Crippen MR) is 88.2 cm³/mol. The fraction of sp³-hybridized carbons (Fsp3) is 0.400. The lowest BCUT2D eigenvalue weighted by atomic mass is 10.3. The molecule has 0 unspecified atom stereocenters. The fourth-order valence-electron chi connectivity index (χ4n) is 1.79. The van der Waals surface area contributed by atoms with Gasteiger partial charge in [0.15, 0.2) is 0 Å². The minimum absolute atomic E-state index is 0.0297. The lowest BCUT2D eigenvalue weighted by Crippen LogP contribution is -2.34. The van der Waals surface area contributed by atoms with Gasteiger partial charge in [0, 0.05) is 38.9 Å². The van der Waals surface area contributed by atoms with Crippen molar-refractivity contribution in [1.29, 1.82) is 0 Å². The number of anilines is 1. The van der Waals surface area contributed by atoms with Gasteiger partial charge in [0.25, 0.3) is 0 Å². The lowest BCUT2D eigenvalue weighted by Gasteiger charge is -2.23. The normalized spacial score (nSPS) is 11.0. The smallest absolute Gasteiger partial charge is 0.246 e. The Kier molecular flexibility index (Phi) is 6.13. The number of primary sulfonamides is 1. The van der Waals surface area contributed by atoms with Crippen LogP contribution in [0.3, 0.4) is 0 Å². The van der Waals surface area contributed by atoms with Crippen LogP contribution in [0.1, 0.15) is 13.8 Å². The maximum Gasteiger partial charge on any atom is 0.246 e. The van der Waals surface area contributed by atoms with Gasteiger partial charge in [0.05, 0.1) is 4.90 Å². The van der Waals surface area contributed by atoms with E-state index in [1.807, 2.05) is 25.8 Å². The van der Waals surface area contributed by atoms with E-state index in [-0.39, 0.29) is 10.8 Å². The first-order valence-corrected chi connectivity index (χ1v) is 8.40. The SMILES string of the molecule is CC(C)=CC(=O)N(C)CCN(C)c1ccc(S(N)(=O)=O)cc1. The molecule has 0 aromatic heterocycles. The number of nitrogens with two attached hydrogens (primary N) is 1. The van der Waals surface area contributed by atoms with Gasteiger partial charge in [-0.05, 0) is 38.1 Å². The number of nitrogens with zero attached hydrogens (tertiary/aromatic N) is 2. The van der Waals surface area contributed by atoms with E-state index >= 15 is 0 Å². The summed E-state index contributed by atoms with van der Waals surface area (Å²) in [5, 5.41) is 5.06. The van der Waals surface area contributed by atoms with Crippen LogP contribution in [0, 0.1) is 0 Å². The quantitative estimate of drug-likeness (QED) is 0.797. The molecule has 1 aromatic carbocycles. The molecule has 122 valence electrons. The van der Waals surface area contributed by atoms with Gasteiger partial charge >= 0.3 is 0 Å². The second-order valence-electron chi connectivity index (χ2n) is 5.44. The topological polar surface area (TPSA) is 83.7 Å². The van der Waals surface area contributed by atoms with Crippen LogP contribution >= 0.6 is 0 Å². The van der Waals surface area contributed by atoms with Crippen LogP contribution in [-0.4, -0.2) is 46.4 Å². The maximum atomic E-state index is 11.8. The van der Waals surface area contributed by atoms with Gasteiger partial charge < -0.3 is 9.80 Å². The summed E-state index contributed by atoms with van der Waals surface area (Å²) in [6, 6.07) is 6.33. The van der Waals surface area contributed by atoms with E-state index in [0.717, 1.165) is 11.3 Å². The molecule has 0 heterocycles. The van der Waals surface area contributed by atoms with Crippen LogP contribution in [0.4, 0.5) is 5.69 Å². The van der Waals surface area contributed by atoms with Crippen LogP contribution in [0.5, 0.6) is 0 Å². The zero-order valence-corrected chi connectivity index (χ0v) is 14.2. The van der Waals surface area contributed by atoms with Crippen molar-refractivity contribution in [3.05, 3.63) is 35.9 Å². The third-order valence-corrected chi connectivity index (χ3v) is 4.09. The molecule has 0 atom stereocenters. The summed E-state index contributed by atoms with van der Waals surface area (Å²) in [5.41, 5.74) is 1.82. The monoisotopic (exact) mass is 325 g/mol. The molecular weight excluding hydrogens is 302 g/mol. The number of benzene rings is 1. The molecule has 0 bridgehead atoms. The minimum Gasteiger partial charge on any atom is -0.373 e. The highest BCUT2D eigenvalue weighted by atomic mass is 32.2. The molecule has 1 amide bonds. The number of hydrogen-bond donors (Lipinski definition) is 1. The van der Waals surface area contributed by atoms with Crippen molar-refractivity contribution < 1.29 is 13.2 Å². The minimum atomic E-state index is -3.67. The summed E-state index contributed by atoms with van der Waals surface area (Å²) < 4.78 is 22.4. The Hall–Kier alpha value is -1.86. The number of likely N-dealkylation sites (N-methyl/N-ethyl adjacent to an activating group) is 2. The number of rotatable bonds is 6. The molecule has 7 heteroatoms. The van der Waals surface area contributed by atoms with E-state index in [2.05, 4.69) is 0 Å². The Morgan fingerprint density at radius 2 is 1.68 bits per heavy atom. The average molecular weight is 325 g/mol. The first kappa shape index (κ1) is 18.2. The predicted octanol–water partition coefficient (Wildman–Crippen LogP) is 1.19. The molecule has 6 nitrogen and oxygen atoms in total. The highest BCUT2D eigenvalue weighted by molar-refractivity contribution is 7.89. The number of amides is 1. The molecule has 0 saturated heterocycles. The Labute approximate surface area is 132 Å². The molecule has 0 radical (unpaired) electrons. The second-order valence-corrected chi connectivity index (χ2v) is 7.00. The van der Waals surface area contributed by atoms with Crippen LogP contribution in [0.15, 0.2) is 40.8 Å². The van der Waals surface area contributed by atoms with E-state index in [4.69, 9.17) is 5.14 Å². The van der Waals surface area contributed by atoms with Gasteiger partial charge in [0.2, 0.25) is 15.9 Å². The Morgan fingerprint density at radius 1 is 1.14 bits per heavy atom. The molecule has 1 aromatic rings. The zero-order valence-electron chi connectivity index (χ0n) is 13.4. The van der Waals surface area contributed by atoms with E-state index in [9.17, 15) is 13.2 Å². The fourth-order valence-corrected chi connectivity index (χ4v) is 2.30. The van der Waals surface area contributed by atoms with E-state index in [0.29, 0.717) is 13.1 Å². The summed E-state index contributed by atoms with van der Waals surface area (Å²) in [6.07, 6.45) is 1.60. The number of hydrogen-bond acceptors (Lipinski definition) is 4. The Balaban J connectivity index is 2.64. The van der Waals surface area contributed by atoms with Gasteiger partial charge in [0.1, 0.15) is 0 Å². The van der Waals surface area contributed by atoms with Crippen LogP contribution < -0.4 is 10.0 Å². The van der Waals surface area contributed by atoms with E-state index in [1.165, 1.54) is 12.1 Å². The van der Waals surface area contributed by atoms with Gasteiger partial charge in [-0.3, -0.25) is 4.79 Å². The molecular formula is C15H23N3O3S. The summed E-state index contributed by atoms with van der Waals surface area (Å²) in [4.78, 5) is 15.5. The van der Waals surface area contributed by atoms with Gasteiger partial charge in [-0.1, -0.05) is 5.57 Å². The molecule has 0 spiro atoms. The molecule has 0 aliphatic heterocycles. The van der Waals surface area contributed by atoms with E-state index in [1.54, 1.807) is 30.2 Å². The highest BCUT2D eigenvalue weighted by Crippen LogP contribution is 2.15. The summed E-state index contributed by atoms with van der Waals surface area (Å²) >= 11 is 0. The van der Waals surface area contributed by atoms with E-state index < -0.39 is 10.0 Å². The third kappa shape index (κ3) is 5.50. The molecule has 0 saturated carbocycles. The van der Waals surface area contributed by atoms with Crippen LogP contribution in [0.25, 0.3) is 0 Å². The molecule has 22 heavy (non-hydrogen) atoms. The third-order valence-electron chi connectivity index (χ3n) is 3.17. The van der Waals surface area contributed by atoms with Crippen molar-refractivity contribution in [1.82, 2.24) is 4.90 Å². The van der Waals surface area contributed by atoms with Crippen molar-refractivity contribution in [3.63, 3.8) is 0 Å². The largest absolute Gasteiger partial charge is 0.373 e. The van der Waals surface area contributed by atoms with Crippen LogP contribution in [-0.2, 0) is 14.8 Å². The first-order chi connectivity index (χ1) is 10.1. The number of allylic oxidation sites excluding steroid dienone is 1. The number of carbonyl (C=O) groups is 1. The summed E-state index contributed by atoms with van der Waals surface area (Å²) in [7, 11) is -0.0418. The van der Waals surface area contributed by atoms with Crippen molar-refractivity contribution in [2.75, 3.05) is 32.1 Å². The Bertz CT molecular complexity index is 647. The lowest BCUT2D eigenvalue weighted by molar-refractivity contribution is -0.124. The molecule has 1 rings (SSSR count). The van der Waals surface area contributed by atoms with Gasteiger partial charge in [-0.2, -0.15) is 0 Å². The molecule has 0 fully saturated rings. The van der Waals surface area contributed by atoms with Crippen molar-refractivity contribution in [2.24, 2.45) is 5.14 Å². The molecule has 0 aliphatic carbocycles.